The summed E-state index contributed by atoms with van der Waals surface area (Å²) in [5, 5.41) is 11.2. The number of hydrogen-bond acceptors (Lipinski definition) is 3. The number of furan rings is 1. The van der Waals surface area contributed by atoms with Gasteiger partial charge in [0.1, 0.15) is 5.76 Å². The Morgan fingerprint density at radius 2 is 1.52 bits per heavy atom. The Hall–Kier alpha value is -4.57. The third-order valence-electron chi connectivity index (χ3n) is 7.46. The quantitative estimate of drug-likeness (QED) is 0.169. The highest BCUT2D eigenvalue weighted by molar-refractivity contribution is 5.86. The summed E-state index contributed by atoms with van der Waals surface area (Å²) >= 11 is 0. The summed E-state index contributed by atoms with van der Waals surface area (Å²) in [6, 6.07) is 26.4. The second-order valence-electron chi connectivity index (χ2n) is 10.6. The monoisotopic (exact) mass is 611 g/mol. The zero-order valence-corrected chi connectivity index (χ0v) is 23.4. The van der Waals surface area contributed by atoms with E-state index in [1.54, 1.807) is 30.3 Å². The number of carboxylic acid groups (broad SMARTS) is 1. The van der Waals surface area contributed by atoms with Gasteiger partial charge in [-0.3, -0.25) is 9.69 Å². The fraction of sp³-hybridized carbons (Fsp3) is 0.206. The number of hydrogen-bond donors (Lipinski definition) is 1. The number of fused-ring (bicyclic) bond motifs is 1. The first-order valence-corrected chi connectivity index (χ1v) is 13.6. The van der Waals surface area contributed by atoms with E-state index in [2.05, 4.69) is 0 Å². The van der Waals surface area contributed by atoms with Crippen molar-refractivity contribution in [2.75, 3.05) is 0 Å². The van der Waals surface area contributed by atoms with Crippen molar-refractivity contribution in [2.24, 2.45) is 0 Å². The van der Waals surface area contributed by atoms with Gasteiger partial charge in [-0.15, -0.1) is 0 Å². The molecule has 0 radical (unpaired) electrons. The molecule has 0 saturated heterocycles. The van der Waals surface area contributed by atoms with E-state index in [0.717, 1.165) is 39.6 Å². The van der Waals surface area contributed by atoms with Crippen LogP contribution in [0.15, 0.2) is 101 Å². The van der Waals surface area contributed by atoms with Crippen molar-refractivity contribution in [1.82, 2.24) is 4.90 Å². The molecule has 0 aliphatic heterocycles. The van der Waals surface area contributed by atoms with E-state index >= 15 is 0 Å². The molecular formula is C34H27F6NO3. The maximum atomic E-state index is 13.4. The van der Waals surface area contributed by atoms with Crippen LogP contribution < -0.4 is 0 Å². The van der Waals surface area contributed by atoms with Gasteiger partial charge in [0.05, 0.1) is 6.54 Å². The normalized spacial score (nSPS) is 13.0. The van der Waals surface area contributed by atoms with Crippen LogP contribution in [-0.2, 0) is 30.6 Å². The van der Waals surface area contributed by atoms with Crippen molar-refractivity contribution in [3.8, 4) is 11.1 Å². The standard InChI is InChI=1S/C34H27F6NO3/c1-21-9-12-24-5-2-3-8-28(24)29(21)20-41(19-27-15-16-30(44-27)33(35,36)37)18-22-10-13-23(14-11-22)25-6-4-7-26(17-25)31(32(42)43)34(38,39)40/h2-17,31H,18-20H2,1H3,(H,42,43). The largest absolute Gasteiger partial charge is 0.481 e. The molecule has 4 aromatic carbocycles. The predicted molar refractivity (Wildman–Crippen MR) is 154 cm³/mol. The van der Waals surface area contributed by atoms with E-state index in [0.29, 0.717) is 24.2 Å². The molecule has 1 unspecified atom stereocenters. The molecule has 1 N–H and O–H groups in total. The van der Waals surface area contributed by atoms with Crippen molar-refractivity contribution >= 4 is 16.7 Å². The fourth-order valence-corrected chi connectivity index (χ4v) is 5.31. The van der Waals surface area contributed by atoms with Crippen LogP contribution in [0.5, 0.6) is 0 Å². The summed E-state index contributed by atoms with van der Waals surface area (Å²) in [6.45, 7) is 2.81. The molecule has 44 heavy (non-hydrogen) atoms. The minimum absolute atomic E-state index is 0.0938. The van der Waals surface area contributed by atoms with Crippen LogP contribution in [0.1, 0.15) is 39.7 Å². The van der Waals surface area contributed by atoms with Gasteiger partial charge in [0.2, 0.25) is 5.76 Å². The van der Waals surface area contributed by atoms with Gasteiger partial charge in [0, 0.05) is 13.1 Å². The molecule has 0 spiro atoms. The molecule has 5 rings (SSSR count). The molecule has 5 aromatic rings. The molecule has 0 bridgehead atoms. The predicted octanol–water partition coefficient (Wildman–Crippen LogP) is 9.36. The van der Waals surface area contributed by atoms with E-state index in [9.17, 15) is 36.2 Å². The molecular weight excluding hydrogens is 584 g/mol. The summed E-state index contributed by atoms with van der Waals surface area (Å²) < 4.78 is 85.0. The van der Waals surface area contributed by atoms with Crippen LogP contribution in [0.25, 0.3) is 21.9 Å². The number of aliphatic carboxylic acids is 1. The van der Waals surface area contributed by atoms with Gasteiger partial charge < -0.3 is 9.52 Å². The average Bonchev–Trinajstić information content (AvgIpc) is 3.43. The molecule has 4 nitrogen and oxygen atoms in total. The minimum atomic E-state index is -4.95. The SMILES string of the molecule is Cc1ccc2ccccc2c1CN(Cc1ccc(-c2cccc(C(C(=O)O)C(F)(F)F)c2)cc1)Cc1ccc(C(F)(F)F)o1. The molecule has 1 atom stereocenters. The Bertz CT molecular complexity index is 1770. The molecule has 1 heterocycles. The number of rotatable bonds is 9. The topological polar surface area (TPSA) is 53.7 Å². The second-order valence-corrected chi connectivity index (χ2v) is 10.6. The summed E-state index contributed by atoms with van der Waals surface area (Å²) in [5.74, 6) is -5.55. The first kappa shape index (κ1) is 30.9. The number of carboxylic acids is 1. The molecule has 0 saturated carbocycles. The van der Waals surface area contributed by atoms with Gasteiger partial charge in [0.15, 0.2) is 5.92 Å². The highest BCUT2D eigenvalue weighted by Crippen LogP contribution is 2.37. The second kappa shape index (κ2) is 12.2. The molecule has 10 heteroatoms. The van der Waals surface area contributed by atoms with Gasteiger partial charge in [-0.2, -0.15) is 26.3 Å². The number of aryl methyl sites for hydroxylation is 1. The molecule has 0 aliphatic rings. The minimum Gasteiger partial charge on any atom is -0.481 e. The summed E-state index contributed by atoms with van der Waals surface area (Å²) in [6.07, 6.45) is -9.55. The first-order valence-electron chi connectivity index (χ1n) is 13.6. The van der Waals surface area contributed by atoms with Crippen molar-refractivity contribution in [2.45, 2.75) is 44.8 Å². The zero-order valence-electron chi connectivity index (χ0n) is 23.4. The van der Waals surface area contributed by atoms with E-state index in [1.165, 1.54) is 18.2 Å². The van der Waals surface area contributed by atoms with Crippen molar-refractivity contribution in [3.63, 3.8) is 0 Å². The highest BCUT2D eigenvalue weighted by atomic mass is 19.4. The van der Waals surface area contributed by atoms with Crippen molar-refractivity contribution in [3.05, 3.63) is 131 Å². The maximum Gasteiger partial charge on any atom is 0.449 e. The Morgan fingerprint density at radius 1 is 0.795 bits per heavy atom. The van der Waals surface area contributed by atoms with Crippen molar-refractivity contribution in [1.29, 1.82) is 0 Å². The summed E-state index contributed by atoms with van der Waals surface area (Å²) in [5.41, 5.74) is 3.49. The maximum absolute atomic E-state index is 13.4. The molecule has 0 amide bonds. The molecule has 1 aromatic heterocycles. The third-order valence-corrected chi connectivity index (χ3v) is 7.46. The van der Waals surface area contributed by atoms with E-state index in [-0.39, 0.29) is 17.9 Å². The number of alkyl halides is 6. The lowest BCUT2D eigenvalue weighted by Gasteiger charge is -2.24. The van der Waals surface area contributed by atoms with E-state index in [1.807, 2.05) is 48.2 Å². The van der Waals surface area contributed by atoms with Gasteiger partial charge in [-0.25, -0.2) is 0 Å². The highest BCUT2D eigenvalue weighted by Gasteiger charge is 2.46. The Kier molecular flexibility index (Phi) is 8.56. The van der Waals surface area contributed by atoms with Crippen LogP contribution in [0.2, 0.25) is 0 Å². The van der Waals surface area contributed by atoms with Gasteiger partial charge in [0.25, 0.3) is 0 Å². The first-order chi connectivity index (χ1) is 20.8. The van der Waals surface area contributed by atoms with Crippen LogP contribution >= 0.6 is 0 Å². The van der Waals surface area contributed by atoms with Gasteiger partial charge in [-0.05, 0) is 69.3 Å². The Morgan fingerprint density at radius 3 is 2.18 bits per heavy atom. The van der Waals surface area contributed by atoms with Crippen LogP contribution in [0.3, 0.4) is 0 Å². The van der Waals surface area contributed by atoms with Crippen LogP contribution in [-0.4, -0.2) is 22.2 Å². The molecule has 228 valence electrons. The van der Waals surface area contributed by atoms with Crippen LogP contribution in [0, 0.1) is 6.92 Å². The smallest absolute Gasteiger partial charge is 0.449 e. The average molecular weight is 612 g/mol. The van der Waals surface area contributed by atoms with Crippen LogP contribution in [0.4, 0.5) is 26.3 Å². The van der Waals surface area contributed by atoms with Crippen molar-refractivity contribution < 1.29 is 40.7 Å². The molecule has 0 aliphatic carbocycles. The van der Waals surface area contributed by atoms with E-state index < -0.39 is 30.0 Å². The fourth-order valence-electron chi connectivity index (χ4n) is 5.31. The zero-order chi connectivity index (χ0) is 31.6. The lowest BCUT2D eigenvalue weighted by Crippen LogP contribution is -2.28. The number of benzene rings is 4. The Labute approximate surface area is 249 Å². The summed E-state index contributed by atoms with van der Waals surface area (Å²) in [7, 11) is 0. The molecule has 0 fully saturated rings. The number of carbonyl (C=O) groups is 1. The Balaban J connectivity index is 1.43. The van der Waals surface area contributed by atoms with Gasteiger partial charge >= 0.3 is 18.3 Å². The third kappa shape index (κ3) is 6.97. The lowest BCUT2D eigenvalue weighted by atomic mass is 9.94. The lowest BCUT2D eigenvalue weighted by molar-refractivity contribution is -0.176. The van der Waals surface area contributed by atoms with E-state index in [4.69, 9.17) is 4.42 Å². The number of halogens is 6. The van der Waals surface area contributed by atoms with Gasteiger partial charge in [-0.1, -0.05) is 78.9 Å². The summed E-state index contributed by atoms with van der Waals surface area (Å²) in [4.78, 5) is 13.3. The number of nitrogens with zero attached hydrogens (tertiary/aromatic N) is 1.